The molecule has 1 aliphatic heterocycles. The highest BCUT2D eigenvalue weighted by atomic mass is 16.5. The van der Waals surface area contributed by atoms with E-state index in [0.717, 1.165) is 22.6 Å². The van der Waals surface area contributed by atoms with Crippen LogP contribution in [0.1, 0.15) is 55.8 Å². The standard InChI is InChI=1S/C28H36N2O5/c1-7-35-23-14-11-20(17-22(23)18(2)3)26(31)24-25(19-9-12-21(13-10-19)29(4)5)30(15-8-16-34-6)28(33)27(24)32/h9-14,17-18,25,31H,7-8,15-16H2,1-6H3/b26-24-. The molecule has 2 aromatic carbocycles. The Hall–Kier alpha value is -3.32. The van der Waals surface area contributed by atoms with Gasteiger partial charge in [-0.3, -0.25) is 9.59 Å². The summed E-state index contributed by atoms with van der Waals surface area (Å²) in [5.41, 5.74) is 3.28. The second kappa shape index (κ2) is 11.4. The summed E-state index contributed by atoms with van der Waals surface area (Å²) in [6.45, 7) is 7.35. The fraction of sp³-hybridized carbons (Fsp3) is 0.429. The van der Waals surface area contributed by atoms with Crippen LogP contribution in [0.2, 0.25) is 0 Å². The molecular formula is C28H36N2O5. The van der Waals surface area contributed by atoms with Crippen molar-refractivity contribution in [3.8, 4) is 5.75 Å². The average molecular weight is 481 g/mol. The van der Waals surface area contributed by atoms with Gasteiger partial charge >= 0.3 is 0 Å². The van der Waals surface area contributed by atoms with Crippen molar-refractivity contribution in [3.05, 3.63) is 64.7 Å². The van der Waals surface area contributed by atoms with Crippen LogP contribution >= 0.6 is 0 Å². The van der Waals surface area contributed by atoms with Crippen LogP contribution in [0, 0.1) is 0 Å². The van der Waals surface area contributed by atoms with Gasteiger partial charge in [-0.05, 0) is 60.7 Å². The Morgan fingerprint density at radius 3 is 2.37 bits per heavy atom. The first-order chi connectivity index (χ1) is 16.7. The van der Waals surface area contributed by atoms with Crippen molar-refractivity contribution in [2.75, 3.05) is 45.9 Å². The zero-order chi connectivity index (χ0) is 25.7. The van der Waals surface area contributed by atoms with E-state index in [1.165, 1.54) is 4.90 Å². The number of methoxy groups -OCH3 is 1. The van der Waals surface area contributed by atoms with Gasteiger partial charge in [0.1, 0.15) is 11.5 Å². The number of aliphatic hydroxyl groups is 1. The van der Waals surface area contributed by atoms with E-state index in [2.05, 4.69) is 0 Å². The molecule has 0 bridgehead atoms. The maximum absolute atomic E-state index is 13.2. The van der Waals surface area contributed by atoms with Crippen molar-refractivity contribution in [3.63, 3.8) is 0 Å². The van der Waals surface area contributed by atoms with E-state index in [-0.39, 0.29) is 17.3 Å². The smallest absolute Gasteiger partial charge is 0.295 e. The number of benzene rings is 2. The second-order valence-electron chi connectivity index (χ2n) is 9.17. The van der Waals surface area contributed by atoms with Crippen molar-refractivity contribution in [2.24, 2.45) is 0 Å². The van der Waals surface area contributed by atoms with Gasteiger partial charge in [0.2, 0.25) is 0 Å². The molecule has 3 rings (SSSR count). The molecule has 1 atom stereocenters. The molecule has 188 valence electrons. The molecule has 0 aliphatic carbocycles. The third-order valence-corrected chi connectivity index (χ3v) is 6.22. The summed E-state index contributed by atoms with van der Waals surface area (Å²) in [5, 5.41) is 11.4. The molecule has 0 spiro atoms. The van der Waals surface area contributed by atoms with E-state index in [4.69, 9.17) is 9.47 Å². The Balaban J connectivity index is 2.14. The topological polar surface area (TPSA) is 79.3 Å². The van der Waals surface area contributed by atoms with Gasteiger partial charge in [-0.15, -0.1) is 0 Å². The zero-order valence-electron chi connectivity index (χ0n) is 21.5. The molecule has 7 heteroatoms. The number of nitrogens with zero attached hydrogens (tertiary/aromatic N) is 2. The summed E-state index contributed by atoms with van der Waals surface area (Å²) in [5.74, 6) is -0.574. The molecule has 2 aromatic rings. The maximum atomic E-state index is 13.2. The van der Waals surface area contributed by atoms with Crippen molar-refractivity contribution in [2.45, 2.75) is 39.2 Å². The summed E-state index contributed by atoms with van der Waals surface area (Å²) in [6, 6.07) is 12.4. The SMILES string of the molecule is CCOc1ccc(/C(O)=C2/C(=O)C(=O)N(CCCOC)C2c2ccc(N(C)C)cc2)cc1C(C)C. The minimum absolute atomic E-state index is 0.101. The number of anilines is 1. The van der Waals surface area contributed by atoms with Crippen molar-refractivity contribution in [1.29, 1.82) is 0 Å². The normalized spacial score (nSPS) is 17.3. The minimum Gasteiger partial charge on any atom is -0.507 e. The summed E-state index contributed by atoms with van der Waals surface area (Å²) in [4.78, 5) is 29.8. The van der Waals surface area contributed by atoms with Crippen LogP contribution in [0.25, 0.3) is 5.76 Å². The highest BCUT2D eigenvalue weighted by Gasteiger charge is 2.45. The highest BCUT2D eigenvalue weighted by Crippen LogP contribution is 2.41. The number of likely N-dealkylation sites (tertiary alicyclic amines) is 1. The van der Waals surface area contributed by atoms with Crippen LogP contribution in [0.5, 0.6) is 5.75 Å². The maximum Gasteiger partial charge on any atom is 0.295 e. The molecule has 1 saturated heterocycles. The molecule has 1 aliphatic rings. The van der Waals surface area contributed by atoms with Crippen molar-refractivity contribution >= 4 is 23.1 Å². The van der Waals surface area contributed by atoms with Crippen LogP contribution in [0.3, 0.4) is 0 Å². The third kappa shape index (κ3) is 5.51. The largest absolute Gasteiger partial charge is 0.507 e. The first kappa shape index (κ1) is 26.3. The number of hydrogen-bond acceptors (Lipinski definition) is 6. The van der Waals surface area contributed by atoms with Crippen LogP contribution < -0.4 is 9.64 Å². The van der Waals surface area contributed by atoms with E-state index < -0.39 is 17.7 Å². The summed E-state index contributed by atoms with van der Waals surface area (Å²) >= 11 is 0. The van der Waals surface area contributed by atoms with E-state index in [1.807, 2.05) is 76.2 Å². The monoisotopic (exact) mass is 480 g/mol. The molecule has 0 aromatic heterocycles. The number of ketones is 1. The van der Waals surface area contributed by atoms with E-state index in [0.29, 0.717) is 31.7 Å². The number of amides is 1. The second-order valence-corrected chi connectivity index (χ2v) is 9.17. The van der Waals surface area contributed by atoms with Gasteiger partial charge in [0.15, 0.2) is 0 Å². The van der Waals surface area contributed by atoms with Gasteiger partial charge in [-0.2, -0.15) is 0 Å². The van der Waals surface area contributed by atoms with Gasteiger partial charge in [0.25, 0.3) is 11.7 Å². The molecule has 1 heterocycles. The molecule has 1 unspecified atom stereocenters. The molecule has 0 saturated carbocycles. The van der Waals surface area contributed by atoms with Crippen molar-refractivity contribution in [1.82, 2.24) is 4.90 Å². The summed E-state index contributed by atoms with van der Waals surface area (Å²) in [6.07, 6.45) is 0.580. The van der Waals surface area contributed by atoms with Crippen molar-refractivity contribution < 1.29 is 24.2 Å². The van der Waals surface area contributed by atoms with Gasteiger partial charge in [-0.1, -0.05) is 26.0 Å². The molecule has 35 heavy (non-hydrogen) atoms. The average Bonchev–Trinajstić information content (AvgIpc) is 3.09. The Morgan fingerprint density at radius 2 is 1.80 bits per heavy atom. The number of carbonyl (C=O) groups is 2. The van der Waals surface area contributed by atoms with Gasteiger partial charge in [-0.25, -0.2) is 0 Å². The lowest BCUT2D eigenvalue weighted by molar-refractivity contribution is -0.140. The molecule has 0 radical (unpaired) electrons. The summed E-state index contributed by atoms with van der Waals surface area (Å²) in [7, 11) is 5.50. The lowest BCUT2D eigenvalue weighted by Gasteiger charge is -2.26. The number of ether oxygens (including phenoxy) is 2. The third-order valence-electron chi connectivity index (χ3n) is 6.22. The Labute approximate surface area is 207 Å². The number of aliphatic hydroxyl groups excluding tert-OH is 1. The fourth-order valence-electron chi connectivity index (χ4n) is 4.38. The van der Waals surface area contributed by atoms with Crippen LogP contribution in [0.4, 0.5) is 5.69 Å². The van der Waals surface area contributed by atoms with Gasteiger partial charge < -0.3 is 24.4 Å². The Bertz CT molecular complexity index is 1090. The highest BCUT2D eigenvalue weighted by molar-refractivity contribution is 6.46. The Kier molecular flexibility index (Phi) is 8.57. The van der Waals surface area contributed by atoms with Gasteiger partial charge in [0.05, 0.1) is 18.2 Å². The lowest BCUT2D eigenvalue weighted by Crippen LogP contribution is -2.31. The number of Topliss-reactive ketones (excluding diaryl/α,β-unsaturated/α-hetero) is 1. The number of rotatable bonds is 10. The predicted molar refractivity (Wildman–Crippen MR) is 138 cm³/mol. The number of hydrogen-bond donors (Lipinski definition) is 1. The molecule has 1 amide bonds. The molecular weight excluding hydrogens is 444 g/mol. The van der Waals surface area contributed by atoms with E-state index in [1.54, 1.807) is 13.2 Å². The first-order valence-electron chi connectivity index (χ1n) is 12.0. The molecule has 7 nitrogen and oxygen atoms in total. The summed E-state index contributed by atoms with van der Waals surface area (Å²) < 4.78 is 10.9. The first-order valence-corrected chi connectivity index (χ1v) is 12.0. The molecule has 1 fully saturated rings. The van der Waals surface area contributed by atoms with Gasteiger partial charge in [0, 0.05) is 45.6 Å². The fourth-order valence-corrected chi connectivity index (χ4v) is 4.38. The lowest BCUT2D eigenvalue weighted by atomic mass is 9.93. The van der Waals surface area contributed by atoms with Crippen LogP contribution in [0.15, 0.2) is 48.0 Å². The predicted octanol–water partition coefficient (Wildman–Crippen LogP) is 4.73. The van der Waals surface area contributed by atoms with E-state index in [9.17, 15) is 14.7 Å². The van der Waals surface area contributed by atoms with Crippen LogP contribution in [-0.4, -0.2) is 62.7 Å². The zero-order valence-corrected chi connectivity index (χ0v) is 21.5. The quantitative estimate of drug-likeness (QED) is 0.229. The minimum atomic E-state index is -0.683. The van der Waals surface area contributed by atoms with E-state index >= 15 is 0 Å². The Morgan fingerprint density at radius 1 is 1.11 bits per heavy atom. The van der Waals surface area contributed by atoms with Crippen LogP contribution in [-0.2, 0) is 14.3 Å². The number of carbonyl (C=O) groups excluding carboxylic acids is 2. The molecule has 1 N–H and O–H groups in total.